The van der Waals surface area contributed by atoms with E-state index in [1.165, 1.54) is 39.0 Å². The molecule has 1 aliphatic carbocycles. The molecule has 1 aliphatic rings. The number of benzene rings is 3. The zero-order valence-corrected chi connectivity index (χ0v) is 17.8. The van der Waals surface area contributed by atoms with Crippen LogP contribution in [-0.4, -0.2) is 0 Å². The van der Waals surface area contributed by atoms with Crippen molar-refractivity contribution in [2.75, 3.05) is 0 Å². The number of hydrogen-bond acceptors (Lipinski definition) is 0. The van der Waals surface area contributed by atoms with Gasteiger partial charge in [0, 0.05) is 0 Å². The fourth-order valence-electron chi connectivity index (χ4n) is 3.28. The standard InChI is InChI=1S/C22H17.2ClH.Zr/c1-16-14-20-8-5-9-21(22(20)15-16)19-12-10-18(11-13-19)17-6-3-2-4-7-17;;;/h2-15H,1H3;2*1H;/q;;;+2/p-2. The summed E-state index contributed by atoms with van der Waals surface area (Å²) in [6, 6.07) is 26.2. The first-order valence-corrected chi connectivity index (χ1v) is 9.34. The van der Waals surface area contributed by atoms with E-state index in [-0.39, 0.29) is 24.8 Å². The maximum atomic E-state index is 2.37. The Kier molecular flexibility index (Phi) is 6.86. The Hall–Kier alpha value is -1.14. The predicted octanol–water partition coefficient (Wildman–Crippen LogP) is 0.0334. The van der Waals surface area contributed by atoms with Crippen molar-refractivity contribution >= 4 is 6.08 Å². The molecule has 0 aromatic heterocycles. The third-order valence-electron chi connectivity index (χ3n) is 4.58. The first-order chi connectivity index (χ1) is 11.2. The van der Waals surface area contributed by atoms with Crippen LogP contribution in [0.3, 0.4) is 0 Å². The van der Waals surface area contributed by atoms with Gasteiger partial charge in [-0.2, -0.15) is 0 Å². The summed E-state index contributed by atoms with van der Waals surface area (Å²) in [4.78, 5) is 0. The van der Waals surface area contributed by atoms with Crippen molar-refractivity contribution in [1.82, 2.24) is 0 Å². The molecule has 1 atom stereocenters. The summed E-state index contributed by atoms with van der Waals surface area (Å²) < 4.78 is 0.626. The van der Waals surface area contributed by atoms with Gasteiger partial charge >= 0.3 is 153 Å². The number of fused-ring (bicyclic) bond motifs is 1. The van der Waals surface area contributed by atoms with E-state index in [0.29, 0.717) is 3.63 Å². The minimum atomic E-state index is 0. The number of rotatable bonds is 2. The van der Waals surface area contributed by atoms with Crippen LogP contribution in [0.15, 0.2) is 78.4 Å². The molecule has 4 rings (SSSR count). The van der Waals surface area contributed by atoms with Gasteiger partial charge in [-0.1, -0.05) is 0 Å². The molecule has 0 fully saturated rings. The molecule has 0 amide bonds. The molecular weight excluding hydrogens is 426 g/mol. The SMILES string of the molecule is CC1=Cc2c(-c3ccc(-c4ccccc4)cc3)cccc2[CH]1[Zr+2].[Cl-].[Cl-]. The molecule has 1 unspecified atom stereocenters. The van der Waals surface area contributed by atoms with Crippen LogP contribution < -0.4 is 24.8 Å². The van der Waals surface area contributed by atoms with Crippen LogP contribution in [0, 0.1) is 0 Å². The van der Waals surface area contributed by atoms with Gasteiger partial charge in [-0.25, -0.2) is 0 Å². The molecule has 3 aromatic carbocycles. The Bertz CT molecular complexity index is 884. The van der Waals surface area contributed by atoms with Gasteiger partial charge in [0.05, 0.1) is 0 Å². The average Bonchev–Trinajstić information content (AvgIpc) is 2.91. The quantitative estimate of drug-likeness (QED) is 0.525. The Morgan fingerprint density at radius 1 is 0.680 bits per heavy atom. The zero-order chi connectivity index (χ0) is 15.8. The summed E-state index contributed by atoms with van der Waals surface area (Å²) in [5.74, 6) is 0. The summed E-state index contributed by atoms with van der Waals surface area (Å²) in [6.07, 6.45) is 2.37. The maximum absolute atomic E-state index is 2.37. The molecule has 0 N–H and O–H groups in total. The summed E-state index contributed by atoms with van der Waals surface area (Å²) in [7, 11) is 0. The average molecular weight is 444 g/mol. The third-order valence-corrected chi connectivity index (χ3v) is 6.46. The van der Waals surface area contributed by atoms with E-state index in [4.69, 9.17) is 0 Å². The summed E-state index contributed by atoms with van der Waals surface area (Å²) in [5, 5.41) is 0. The van der Waals surface area contributed by atoms with Crippen LogP contribution in [0.4, 0.5) is 0 Å². The summed E-state index contributed by atoms with van der Waals surface area (Å²) in [5.41, 5.74) is 9.59. The van der Waals surface area contributed by atoms with E-state index in [9.17, 15) is 0 Å². The molecule has 3 heteroatoms. The minimum absolute atomic E-state index is 0. The van der Waals surface area contributed by atoms with Crippen LogP contribution in [0.5, 0.6) is 0 Å². The molecule has 0 nitrogen and oxygen atoms in total. The van der Waals surface area contributed by atoms with Crippen LogP contribution in [0.1, 0.15) is 21.7 Å². The second-order valence-corrected chi connectivity index (χ2v) is 7.49. The van der Waals surface area contributed by atoms with Gasteiger partial charge in [0.15, 0.2) is 0 Å². The van der Waals surface area contributed by atoms with Gasteiger partial charge in [0.2, 0.25) is 0 Å². The molecular formula is C22H17Cl2Zr. The van der Waals surface area contributed by atoms with E-state index in [0.717, 1.165) is 0 Å². The molecule has 0 aliphatic heterocycles. The van der Waals surface area contributed by atoms with Crippen molar-refractivity contribution < 1.29 is 49.5 Å². The summed E-state index contributed by atoms with van der Waals surface area (Å²) >= 11 is 1.58. The Morgan fingerprint density at radius 2 is 1.28 bits per heavy atom. The smallest absolute Gasteiger partial charge is 1.00 e. The third kappa shape index (κ3) is 3.85. The molecule has 0 spiro atoms. The maximum Gasteiger partial charge on any atom is -1.00 e. The van der Waals surface area contributed by atoms with Crippen molar-refractivity contribution in [2.45, 2.75) is 10.5 Å². The molecule has 25 heavy (non-hydrogen) atoms. The second-order valence-electron chi connectivity index (χ2n) is 6.07. The molecule has 0 saturated carbocycles. The first-order valence-electron chi connectivity index (χ1n) is 7.92. The van der Waals surface area contributed by atoms with Crippen molar-refractivity contribution in [3.8, 4) is 22.3 Å². The fourth-order valence-corrected chi connectivity index (χ4v) is 4.10. The normalized spacial score (nSPS) is 14.8. The van der Waals surface area contributed by atoms with Gasteiger partial charge in [0.1, 0.15) is 0 Å². The van der Waals surface area contributed by atoms with E-state index >= 15 is 0 Å². The van der Waals surface area contributed by atoms with Crippen LogP contribution in [0.25, 0.3) is 28.3 Å². The minimum Gasteiger partial charge on any atom is -1.00 e. The van der Waals surface area contributed by atoms with Crippen LogP contribution >= 0.6 is 0 Å². The number of halogens is 2. The molecule has 0 bridgehead atoms. The number of hydrogen-bond donors (Lipinski definition) is 0. The van der Waals surface area contributed by atoms with Crippen molar-refractivity contribution in [3.63, 3.8) is 0 Å². The second kappa shape index (κ2) is 8.50. The van der Waals surface area contributed by atoms with Gasteiger partial charge < -0.3 is 24.8 Å². The largest absolute Gasteiger partial charge is 1.00 e. The van der Waals surface area contributed by atoms with E-state index in [1.807, 2.05) is 0 Å². The van der Waals surface area contributed by atoms with Crippen LogP contribution in [0.2, 0.25) is 0 Å². The molecule has 123 valence electrons. The van der Waals surface area contributed by atoms with Gasteiger partial charge in [-0.15, -0.1) is 0 Å². The Labute approximate surface area is 177 Å². The Balaban J connectivity index is 0.00000113. The van der Waals surface area contributed by atoms with E-state index in [2.05, 4.69) is 85.8 Å². The number of allylic oxidation sites excluding steroid dienone is 1. The Morgan fingerprint density at radius 3 is 1.96 bits per heavy atom. The fraction of sp³-hybridized carbons (Fsp3) is 0.0909. The zero-order valence-electron chi connectivity index (χ0n) is 13.8. The molecule has 0 heterocycles. The monoisotopic (exact) mass is 441 g/mol. The van der Waals surface area contributed by atoms with Crippen molar-refractivity contribution in [1.29, 1.82) is 0 Å². The summed E-state index contributed by atoms with van der Waals surface area (Å²) in [6.45, 7) is 2.25. The van der Waals surface area contributed by atoms with Crippen molar-refractivity contribution in [2.24, 2.45) is 0 Å². The first kappa shape index (κ1) is 20.2. The predicted molar refractivity (Wildman–Crippen MR) is 93.7 cm³/mol. The topological polar surface area (TPSA) is 0 Å². The van der Waals surface area contributed by atoms with Crippen molar-refractivity contribution in [3.05, 3.63) is 89.5 Å². The molecule has 0 radical (unpaired) electrons. The van der Waals surface area contributed by atoms with E-state index in [1.54, 1.807) is 24.7 Å². The van der Waals surface area contributed by atoms with Gasteiger partial charge in [-0.05, 0) is 0 Å². The molecule has 3 aromatic rings. The van der Waals surface area contributed by atoms with Gasteiger partial charge in [0.25, 0.3) is 0 Å². The van der Waals surface area contributed by atoms with Crippen LogP contribution in [-0.2, 0) is 24.7 Å². The molecule has 0 saturated heterocycles. The van der Waals surface area contributed by atoms with Gasteiger partial charge in [-0.3, -0.25) is 0 Å². The van der Waals surface area contributed by atoms with E-state index < -0.39 is 0 Å².